The first-order chi connectivity index (χ1) is 18.7. The molecule has 0 unspecified atom stereocenters. The molecule has 0 amide bonds. The minimum Gasteiger partial charge on any atom is -1.00 e. The first-order valence-electron chi connectivity index (χ1n) is 14.6. The number of hydrogen-bond donors (Lipinski definition) is 0. The number of halogens is 3. The fourth-order valence-corrected chi connectivity index (χ4v) is 14.2. The van der Waals surface area contributed by atoms with Gasteiger partial charge in [0.05, 0.1) is 48.8 Å². The van der Waals surface area contributed by atoms with Crippen molar-refractivity contribution >= 4 is 30.4 Å². The zero-order valence-electron chi connectivity index (χ0n) is 35.5. The predicted octanol–water partition coefficient (Wildman–Crippen LogP) is -7.56. The molecule has 24 N–H and O–H groups in total. The van der Waals surface area contributed by atoms with E-state index in [0.717, 1.165) is 0 Å². The van der Waals surface area contributed by atoms with E-state index in [9.17, 15) is 18.3 Å². The number of hydrogen-bond acceptors (Lipinski definition) is 12. The maximum atomic E-state index is 12.8. The van der Waals surface area contributed by atoms with E-state index in [1.54, 1.807) is 111 Å². The second-order valence-electron chi connectivity index (χ2n) is 12.0. The average Bonchev–Trinajstić information content (AvgIpc) is 2.60. The van der Waals surface area contributed by atoms with Gasteiger partial charge in [0.15, 0.2) is 11.8 Å². The van der Waals surface area contributed by atoms with Gasteiger partial charge in [-0.1, -0.05) is 0 Å². The summed E-state index contributed by atoms with van der Waals surface area (Å²) in [5.74, 6) is -0.764. The first-order valence-corrected chi connectivity index (χ1v) is 21.5. The van der Waals surface area contributed by atoms with Gasteiger partial charge in [0, 0.05) is 0 Å². The largest absolute Gasteiger partial charge is 3.00 e. The maximum absolute atomic E-state index is 12.8. The van der Waals surface area contributed by atoms with Crippen LogP contribution >= 0.6 is 30.4 Å². The molecule has 56 heavy (non-hydrogen) atoms. The molecule has 369 valence electrons. The van der Waals surface area contributed by atoms with Crippen molar-refractivity contribution in [3.8, 4) is 0 Å². The summed E-state index contributed by atoms with van der Waals surface area (Å²) in [7, 11) is -14.3. The second kappa shape index (κ2) is 50.0. The molecule has 0 saturated heterocycles. The van der Waals surface area contributed by atoms with Gasteiger partial charge in [-0.2, -0.15) is 0 Å². The fourth-order valence-electron chi connectivity index (χ4n) is 3.36. The minimum absolute atomic E-state index is 0. The van der Waals surface area contributed by atoms with Crippen molar-refractivity contribution in [1.29, 1.82) is 0 Å². The van der Waals surface area contributed by atoms with Crippen LogP contribution in [0.3, 0.4) is 0 Å². The van der Waals surface area contributed by atoms with Crippen LogP contribution in [0.15, 0.2) is 0 Å². The van der Waals surface area contributed by atoms with E-state index < -0.39 is 30.4 Å². The van der Waals surface area contributed by atoms with Gasteiger partial charge < -0.3 is 128 Å². The molecule has 0 aromatic carbocycles. The molecular formula is C26H84Cl3ErO22P4+4. The molecule has 0 rings (SSSR count). The van der Waals surface area contributed by atoms with Gasteiger partial charge in [-0.3, -0.25) is 18.3 Å². The third-order valence-electron chi connectivity index (χ3n) is 3.66. The van der Waals surface area contributed by atoms with Gasteiger partial charge in [-0.15, -0.1) is 0 Å². The Morgan fingerprint density at radius 2 is 0.357 bits per heavy atom. The molecule has 0 aliphatic carbocycles. The van der Waals surface area contributed by atoms with Gasteiger partial charge in [0.2, 0.25) is 0 Å². The van der Waals surface area contributed by atoms with Crippen LogP contribution in [0.1, 0.15) is 111 Å². The summed E-state index contributed by atoms with van der Waals surface area (Å²) in [6.07, 6.45) is -2.55. The van der Waals surface area contributed by atoms with E-state index >= 15 is 0 Å². The van der Waals surface area contributed by atoms with E-state index in [0.29, 0.717) is 0 Å². The van der Waals surface area contributed by atoms with E-state index in [2.05, 4.69) is 0 Å². The Kier molecular flexibility index (Phi) is 95.5. The zero-order chi connectivity index (χ0) is 33.7. The summed E-state index contributed by atoms with van der Waals surface area (Å²) in [5, 5.41) is 0. The van der Waals surface area contributed by atoms with E-state index in [1.807, 2.05) is 0 Å². The van der Waals surface area contributed by atoms with Crippen LogP contribution in [-0.4, -0.2) is 93.5 Å². The van der Waals surface area contributed by atoms with Crippen LogP contribution in [0, 0.1) is 37.3 Å². The van der Waals surface area contributed by atoms with Crippen molar-refractivity contribution in [2.24, 2.45) is 0 Å². The molecule has 0 heterocycles. The topological polar surface area (TPSA) is 463 Å². The van der Waals surface area contributed by atoms with Gasteiger partial charge in [0.1, 0.15) is 0 Å². The third kappa shape index (κ3) is 58.4. The van der Waals surface area contributed by atoms with E-state index in [1.165, 1.54) is 0 Å². The van der Waals surface area contributed by atoms with Gasteiger partial charge in [-0.05, 0) is 111 Å². The van der Waals surface area contributed by atoms with Crippen LogP contribution in [0.25, 0.3) is 0 Å². The average molecular weight is 1150 g/mol. The van der Waals surface area contributed by atoms with Gasteiger partial charge in [-0.25, -0.2) is 0 Å². The summed E-state index contributed by atoms with van der Waals surface area (Å²) in [4.78, 5) is 0. The van der Waals surface area contributed by atoms with Crippen molar-refractivity contribution in [2.45, 2.75) is 160 Å². The van der Waals surface area contributed by atoms with Gasteiger partial charge in [0.25, 0.3) is 0 Å². The van der Waals surface area contributed by atoms with E-state index in [-0.39, 0.29) is 190 Å². The SMILES string of the molecule is CC(C)OP(=O)(CP(=O)(OC(C)C)OC(C)C)OC(C)C.CC(C)OP(=O)(CP(=O)(OC(C)C)OC(C)C)OC(C)C.O.O.O.O.O.O.[Cl-].[Cl-].[Cl-].[Er+3].[OH3+].[OH3+].[OH3+].[OH3+]. The smallest absolute Gasteiger partial charge is 1.00 e. The molecule has 0 atom stereocenters. The van der Waals surface area contributed by atoms with Crippen LogP contribution in [0.5, 0.6) is 0 Å². The normalized spacial score (nSPS) is 10.4. The molecule has 22 nitrogen and oxygen atoms in total. The van der Waals surface area contributed by atoms with E-state index in [4.69, 9.17) is 36.2 Å². The van der Waals surface area contributed by atoms with Gasteiger partial charge >= 0.3 is 67.7 Å². The Labute approximate surface area is 383 Å². The Morgan fingerprint density at radius 3 is 0.411 bits per heavy atom. The molecule has 0 bridgehead atoms. The molecule has 0 aliphatic heterocycles. The standard InChI is InChI=1S/2C13H30O6P2.3ClH.Er.10H2O/c2*1-10(2)16-20(14,17-11(3)4)9-21(15,18-12(5)6)19-13(7)8;;;;;;;;;;;;;;/h2*10-13H,9H2,1-8H3;3*1H;;10*1H2/q;;;;;+3;;;;;;;;;;/p+1. The Morgan fingerprint density at radius 1 is 0.286 bits per heavy atom. The molecular weight excluding hydrogens is 1060 g/mol. The number of rotatable bonds is 20. The van der Waals surface area contributed by atoms with Crippen LogP contribution in [-0.2, 0) is 76.4 Å². The monoisotopic (exact) mass is 1140 g/mol. The van der Waals surface area contributed by atoms with Crippen LogP contribution < -0.4 is 37.2 Å². The molecule has 0 fully saturated rings. The minimum atomic E-state index is -3.58. The summed E-state index contributed by atoms with van der Waals surface area (Å²) < 4.78 is 94.6. The molecule has 30 heteroatoms. The third-order valence-corrected chi connectivity index (χ3v) is 15.1. The predicted molar refractivity (Wildman–Crippen MR) is 211 cm³/mol. The Hall–Kier alpha value is 2.32. The molecule has 0 aromatic heterocycles. The summed E-state index contributed by atoms with van der Waals surface area (Å²) in [5.41, 5.74) is 0. The first kappa shape index (κ1) is 107. The van der Waals surface area contributed by atoms with Crippen molar-refractivity contribution in [3.63, 3.8) is 0 Å². The second-order valence-corrected chi connectivity index (χ2v) is 20.8. The maximum Gasteiger partial charge on any atom is 3.00 e. The summed E-state index contributed by atoms with van der Waals surface area (Å²) in [6.45, 7) is 27.9. The Balaban J connectivity index is -0.0000000327. The summed E-state index contributed by atoms with van der Waals surface area (Å²) in [6, 6.07) is 0. The fraction of sp³-hybridized carbons (Fsp3) is 1.00. The molecule has 1 radical (unpaired) electrons. The van der Waals surface area contributed by atoms with Crippen LogP contribution in [0.4, 0.5) is 0 Å². The molecule has 0 aliphatic rings. The Bertz CT molecular complexity index is 769. The van der Waals surface area contributed by atoms with Crippen molar-refractivity contribution in [1.82, 2.24) is 0 Å². The van der Waals surface area contributed by atoms with Crippen LogP contribution in [0.2, 0.25) is 0 Å². The molecule has 0 spiro atoms. The van der Waals surface area contributed by atoms with Crippen molar-refractivity contribution < 1.29 is 184 Å². The quantitative estimate of drug-likeness (QED) is 0.0811. The molecule has 0 saturated carbocycles. The van der Waals surface area contributed by atoms with Crippen molar-refractivity contribution in [3.05, 3.63) is 0 Å². The summed E-state index contributed by atoms with van der Waals surface area (Å²) >= 11 is 0. The zero-order valence-corrected chi connectivity index (χ0v) is 43.2. The molecule has 0 aromatic rings. The van der Waals surface area contributed by atoms with Crippen molar-refractivity contribution in [2.75, 3.05) is 11.8 Å².